The Balaban J connectivity index is 2.28. The van der Waals surface area contributed by atoms with Gasteiger partial charge in [0, 0.05) is 24.6 Å². The third-order valence-electron chi connectivity index (χ3n) is 2.57. The summed E-state index contributed by atoms with van der Waals surface area (Å²) in [6.45, 7) is 4.48. The zero-order valence-electron chi connectivity index (χ0n) is 9.80. The van der Waals surface area contributed by atoms with E-state index >= 15 is 0 Å². The van der Waals surface area contributed by atoms with Crippen LogP contribution in [0, 0.1) is 0 Å². The Morgan fingerprint density at radius 1 is 1.41 bits per heavy atom. The average Bonchev–Trinajstić information content (AvgIpc) is 2.61. The molecule has 90 valence electrons. The summed E-state index contributed by atoms with van der Waals surface area (Å²) >= 11 is 5.80. The van der Waals surface area contributed by atoms with Crippen molar-refractivity contribution < 1.29 is 0 Å². The molecule has 0 spiro atoms. The van der Waals surface area contributed by atoms with E-state index in [9.17, 15) is 4.79 Å². The molecule has 0 atom stereocenters. The van der Waals surface area contributed by atoms with Gasteiger partial charge in [-0.25, -0.2) is 9.78 Å². The monoisotopic (exact) mass is 251 g/mol. The Labute approximate surface area is 104 Å². The van der Waals surface area contributed by atoms with Gasteiger partial charge in [0.15, 0.2) is 0 Å². The number of hydrogen-bond donors (Lipinski definition) is 0. The molecule has 0 saturated heterocycles. The molecule has 2 rings (SSSR count). The lowest BCUT2D eigenvalue weighted by Gasteiger charge is -2.05. The Bertz CT molecular complexity index is 571. The molecule has 2 aromatic rings. The molecular formula is C12H14ClN3O. The van der Waals surface area contributed by atoms with Crippen LogP contribution >= 0.6 is 11.6 Å². The first-order valence-corrected chi connectivity index (χ1v) is 5.83. The normalized spacial score (nSPS) is 11.1. The van der Waals surface area contributed by atoms with Gasteiger partial charge in [-0.05, 0) is 31.5 Å². The smallest absolute Gasteiger partial charge is 0.297 e. The molecular weight excluding hydrogens is 238 g/mol. The van der Waals surface area contributed by atoms with E-state index in [0.717, 1.165) is 5.56 Å². The quantitative estimate of drug-likeness (QED) is 0.786. The molecule has 0 saturated carbocycles. The molecule has 0 amide bonds. The highest BCUT2D eigenvalue weighted by atomic mass is 35.5. The van der Waals surface area contributed by atoms with Gasteiger partial charge in [0.05, 0.1) is 6.54 Å². The van der Waals surface area contributed by atoms with Crippen molar-refractivity contribution in [2.45, 2.75) is 26.4 Å². The van der Waals surface area contributed by atoms with Crippen molar-refractivity contribution in [3.05, 3.63) is 51.9 Å². The molecule has 0 aromatic carbocycles. The maximum absolute atomic E-state index is 12.0. The van der Waals surface area contributed by atoms with Crippen molar-refractivity contribution in [2.75, 3.05) is 0 Å². The lowest BCUT2D eigenvalue weighted by molar-refractivity contribution is 0.561. The molecule has 0 bridgehead atoms. The van der Waals surface area contributed by atoms with Crippen LogP contribution in [0.25, 0.3) is 0 Å². The fourth-order valence-electron chi connectivity index (χ4n) is 1.68. The van der Waals surface area contributed by atoms with Crippen LogP contribution in [0.1, 0.15) is 25.5 Å². The Morgan fingerprint density at radius 3 is 2.76 bits per heavy atom. The van der Waals surface area contributed by atoms with Crippen LogP contribution < -0.4 is 5.69 Å². The number of aromatic nitrogens is 3. The Kier molecular flexibility index (Phi) is 3.33. The largest absolute Gasteiger partial charge is 0.328 e. The molecule has 0 radical (unpaired) electrons. The minimum atomic E-state index is -0.00654. The van der Waals surface area contributed by atoms with E-state index in [1.165, 1.54) is 0 Å². The van der Waals surface area contributed by atoms with Crippen molar-refractivity contribution in [2.24, 2.45) is 0 Å². The van der Waals surface area contributed by atoms with Crippen LogP contribution in [0.5, 0.6) is 0 Å². The highest BCUT2D eigenvalue weighted by Crippen LogP contribution is 2.08. The molecule has 17 heavy (non-hydrogen) atoms. The Morgan fingerprint density at radius 2 is 2.18 bits per heavy atom. The maximum Gasteiger partial charge on any atom is 0.328 e. The first-order valence-electron chi connectivity index (χ1n) is 5.45. The number of nitrogens with zero attached hydrogens (tertiary/aromatic N) is 3. The molecule has 4 nitrogen and oxygen atoms in total. The molecule has 2 heterocycles. The number of halogens is 1. The van der Waals surface area contributed by atoms with Crippen molar-refractivity contribution in [1.82, 2.24) is 14.1 Å². The second-order valence-corrected chi connectivity index (χ2v) is 4.58. The summed E-state index contributed by atoms with van der Waals surface area (Å²) in [5.41, 5.74) is 0.960. The highest BCUT2D eigenvalue weighted by Gasteiger charge is 2.06. The number of hydrogen-bond acceptors (Lipinski definition) is 2. The predicted octanol–water partition coefficient (Wildman–Crippen LogP) is 2.33. The zero-order valence-corrected chi connectivity index (χ0v) is 10.6. The van der Waals surface area contributed by atoms with Gasteiger partial charge in [0.1, 0.15) is 5.15 Å². The summed E-state index contributed by atoms with van der Waals surface area (Å²) in [7, 11) is 0. The van der Waals surface area contributed by atoms with Gasteiger partial charge < -0.3 is 0 Å². The molecule has 0 aliphatic heterocycles. The predicted molar refractivity (Wildman–Crippen MR) is 67.4 cm³/mol. The summed E-state index contributed by atoms with van der Waals surface area (Å²) in [6, 6.07) is 3.79. The van der Waals surface area contributed by atoms with Gasteiger partial charge in [-0.15, -0.1) is 0 Å². The summed E-state index contributed by atoms with van der Waals surface area (Å²) in [6.07, 6.45) is 5.23. The van der Waals surface area contributed by atoms with E-state index in [0.29, 0.717) is 11.7 Å². The second-order valence-electron chi connectivity index (χ2n) is 4.20. The van der Waals surface area contributed by atoms with Crippen molar-refractivity contribution in [1.29, 1.82) is 0 Å². The van der Waals surface area contributed by atoms with Crippen LogP contribution in [-0.4, -0.2) is 14.1 Å². The SMILES string of the molecule is CC(C)n1ccn(Cc2ccnc(Cl)c2)c1=O. The lowest BCUT2D eigenvalue weighted by atomic mass is 10.3. The van der Waals surface area contributed by atoms with E-state index in [1.54, 1.807) is 33.8 Å². The van der Waals surface area contributed by atoms with Crippen molar-refractivity contribution in [3.63, 3.8) is 0 Å². The van der Waals surface area contributed by atoms with Gasteiger partial charge in [0.25, 0.3) is 0 Å². The van der Waals surface area contributed by atoms with Gasteiger partial charge in [0.2, 0.25) is 0 Å². The van der Waals surface area contributed by atoms with Gasteiger partial charge in [-0.2, -0.15) is 0 Å². The summed E-state index contributed by atoms with van der Waals surface area (Å²) in [5, 5.41) is 0.443. The fourth-order valence-corrected chi connectivity index (χ4v) is 1.88. The molecule has 0 aliphatic rings. The highest BCUT2D eigenvalue weighted by molar-refractivity contribution is 6.29. The van der Waals surface area contributed by atoms with E-state index in [2.05, 4.69) is 4.98 Å². The number of rotatable bonds is 3. The lowest BCUT2D eigenvalue weighted by Crippen LogP contribution is -2.25. The minimum absolute atomic E-state index is 0.00654. The van der Waals surface area contributed by atoms with Crippen LogP contribution in [0.3, 0.4) is 0 Å². The molecule has 0 unspecified atom stereocenters. The van der Waals surface area contributed by atoms with E-state index < -0.39 is 0 Å². The van der Waals surface area contributed by atoms with E-state index in [4.69, 9.17) is 11.6 Å². The first kappa shape index (κ1) is 11.9. The van der Waals surface area contributed by atoms with Gasteiger partial charge in [-0.1, -0.05) is 11.6 Å². The second kappa shape index (κ2) is 4.75. The molecule has 0 N–H and O–H groups in total. The molecule has 0 fully saturated rings. The topological polar surface area (TPSA) is 39.8 Å². The van der Waals surface area contributed by atoms with Crippen LogP contribution in [0.4, 0.5) is 0 Å². The third-order valence-corrected chi connectivity index (χ3v) is 2.78. The maximum atomic E-state index is 12.0. The number of pyridine rings is 1. The zero-order chi connectivity index (χ0) is 12.4. The minimum Gasteiger partial charge on any atom is -0.297 e. The Hall–Kier alpha value is -1.55. The standard InChI is InChI=1S/C12H14ClN3O/c1-9(2)16-6-5-15(12(16)17)8-10-3-4-14-11(13)7-10/h3-7,9H,8H2,1-2H3. The first-order chi connectivity index (χ1) is 8.08. The van der Waals surface area contributed by atoms with Gasteiger partial charge >= 0.3 is 5.69 Å². The summed E-state index contributed by atoms with van der Waals surface area (Å²) in [4.78, 5) is 15.9. The third kappa shape index (κ3) is 2.58. The van der Waals surface area contributed by atoms with E-state index in [1.807, 2.05) is 19.9 Å². The van der Waals surface area contributed by atoms with Crippen molar-refractivity contribution >= 4 is 11.6 Å². The van der Waals surface area contributed by atoms with Crippen LogP contribution in [-0.2, 0) is 6.54 Å². The van der Waals surface area contributed by atoms with Crippen LogP contribution in [0.2, 0.25) is 5.15 Å². The van der Waals surface area contributed by atoms with Crippen molar-refractivity contribution in [3.8, 4) is 0 Å². The van der Waals surface area contributed by atoms with Crippen LogP contribution in [0.15, 0.2) is 35.5 Å². The van der Waals surface area contributed by atoms with E-state index in [-0.39, 0.29) is 11.7 Å². The average molecular weight is 252 g/mol. The summed E-state index contributed by atoms with van der Waals surface area (Å²) < 4.78 is 3.36. The van der Waals surface area contributed by atoms with Gasteiger partial charge in [-0.3, -0.25) is 9.13 Å². The molecule has 0 aliphatic carbocycles. The number of imidazole rings is 1. The molecule has 2 aromatic heterocycles. The summed E-state index contributed by atoms with van der Waals surface area (Å²) in [5.74, 6) is 0. The molecule has 5 heteroatoms. The fraction of sp³-hybridized carbons (Fsp3) is 0.333.